The lowest BCUT2D eigenvalue weighted by atomic mass is 9.94. The monoisotopic (exact) mass is 462 g/mol. The van der Waals surface area contributed by atoms with Crippen molar-refractivity contribution in [2.45, 2.75) is 57.1 Å². The van der Waals surface area contributed by atoms with Crippen molar-refractivity contribution in [3.05, 3.63) is 75.7 Å². The molecule has 1 aliphatic heterocycles. The summed E-state index contributed by atoms with van der Waals surface area (Å²) in [5.74, 6) is 0.230. The lowest BCUT2D eigenvalue weighted by Crippen LogP contribution is -2.45. The van der Waals surface area contributed by atoms with E-state index in [0.29, 0.717) is 18.8 Å². The topological polar surface area (TPSA) is 62.7 Å². The van der Waals surface area contributed by atoms with Gasteiger partial charge in [0.05, 0.1) is 10.7 Å². The molecular weight excluding hydrogens is 432 g/mol. The van der Waals surface area contributed by atoms with Gasteiger partial charge in [0.1, 0.15) is 12.2 Å². The minimum Gasteiger partial charge on any atom is -0.448 e. The lowest BCUT2D eigenvalue weighted by molar-refractivity contribution is 0.0686. The summed E-state index contributed by atoms with van der Waals surface area (Å²) >= 11 is 1.57. The van der Waals surface area contributed by atoms with Gasteiger partial charge >= 0.3 is 6.09 Å². The van der Waals surface area contributed by atoms with Gasteiger partial charge < -0.3 is 14.7 Å². The minimum absolute atomic E-state index is 0.0607. The van der Waals surface area contributed by atoms with Crippen molar-refractivity contribution in [2.24, 2.45) is 0 Å². The van der Waals surface area contributed by atoms with Crippen LogP contribution in [0, 0.1) is 0 Å². The molecule has 2 aliphatic rings. The van der Waals surface area contributed by atoms with E-state index in [9.17, 15) is 9.90 Å². The molecule has 2 atom stereocenters. The maximum Gasteiger partial charge on any atom is 0.410 e. The van der Waals surface area contributed by atoms with E-state index in [2.05, 4.69) is 48.3 Å². The molecule has 1 saturated heterocycles. The van der Waals surface area contributed by atoms with E-state index in [1.165, 1.54) is 22.3 Å². The molecule has 172 valence electrons. The molecule has 1 aromatic heterocycles. The predicted octanol–water partition coefficient (Wildman–Crippen LogP) is 5.89. The van der Waals surface area contributed by atoms with Gasteiger partial charge in [0, 0.05) is 29.8 Å². The van der Waals surface area contributed by atoms with E-state index in [4.69, 9.17) is 4.74 Å². The second-order valence-corrected chi connectivity index (χ2v) is 10.6. The Morgan fingerprint density at radius 2 is 1.76 bits per heavy atom. The van der Waals surface area contributed by atoms with Gasteiger partial charge in [0.15, 0.2) is 0 Å². The van der Waals surface area contributed by atoms with Gasteiger partial charge in [0.25, 0.3) is 0 Å². The van der Waals surface area contributed by atoms with Gasteiger partial charge in [-0.3, -0.25) is 0 Å². The zero-order chi connectivity index (χ0) is 23.2. The number of nitrogens with zero attached hydrogens (tertiary/aromatic N) is 2. The SMILES string of the molecule is C[C@@H]1CC[C@@H](c2nc(C(C)(C)O)cs2)CN1C(=O)OCC1c2ccccc2-c2ccccc21. The van der Waals surface area contributed by atoms with E-state index in [1.54, 1.807) is 25.2 Å². The van der Waals surface area contributed by atoms with Crippen molar-refractivity contribution in [3.8, 4) is 11.1 Å². The highest BCUT2D eigenvalue weighted by molar-refractivity contribution is 7.09. The Labute approximate surface area is 199 Å². The number of likely N-dealkylation sites (tertiary alicyclic amines) is 1. The smallest absolute Gasteiger partial charge is 0.410 e. The summed E-state index contributed by atoms with van der Waals surface area (Å²) in [5, 5.41) is 13.2. The van der Waals surface area contributed by atoms with Crippen LogP contribution in [0.5, 0.6) is 0 Å². The van der Waals surface area contributed by atoms with Gasteiger partial charge in [-0.15, -0.1) is 11.3 Å². The van der Waals surface area contributed by atoms with E-state index in [-0.39, 0.29) is 24.0 Å². The number of rotatable bonds is 4. The minimum atomic E-state index is -0.955. The van der Waals surface area contributed by atoms with Crippen molar-refractivity contribution in [1.82, 2.24) is 9.88 Å². The first-order chi connectivity index (χ1) is 15.8. The molecule has 1 aliphatic carbocycles. The number of thiazole rings is 1. The fourth-order valence-corrected chi connectivity index (χ4v) is 6.11. The first-order valence-corrected chi connectivity index (χ1v) is 12.5. The molecule has 0 bridgehead atoms. The normalized spacial score (nSPS) is 20.4. The molecular formula is C27H30N2O3S. The van der Waals surface area contributed by atoms with E-state index in [1.807, 2.05) is 22.4 Å². The summed E-state index contributed by atoms with van der Waals surface area (Å²) < 4.78 is 5.92. The highest BCUT2D eigenvalue weighted by atomic mass is 32.1. The second kappa shape index (κ2) is 8.58. The fraction of sp³-hybridized carbons (Fsp3) is 0.407. The number of fused-ring (bicyclic) bond motifs is 3. The van der Waals surface area contributed by atoms with Crippen LogP contribution in [0.4, 0.5) is 4.79 Å². The van der Waals surface area contributed by atoms with Crippen molar-refractivity contribution in [1.29, 1.82) is 0 Å². The third-order valence-corrected chi connectivity index (χ3v) is 7.96. The summed E-state index contributed by atoms with van der Waals surface area (Å²) in [6.45, 7) is 6.51. The molecule has 0 saturated carbocycles. The lowest BCUT2D eigenvalue weighted by Gasteiger charge is -2.36. The highest BCUT2D eigenvalue weighted by Crippen LogP contribution is 2.44. The van der Waals surface area contributed by atoms with Gasteiger partial charge in [-0.1, -0.05) is 48.5 Å². The van der Waals surface area contributed by atoms with Crippen LogP contribution in [0.1, 0.15) is 67.3 Å². The third kappa shape index (κ3) is 4.18. The standard InChI is InChI=1S/C27H30N2O3S/c1-17-12-13-18(25-28-24(16-33-25)27(2,3)31)14-29(17)26(30)32-15-23-21-10-6-4-8-19(21)20-9-5-7-11-22(20)23/h4-11,16-18,23,31H,12-15H2,1-3H3/t17-,18-/m1/s1. The Balaban J connectivity index is 1.29. The molecule has 2 aromatic carbocycles. The Hall–Kier alpha value is -2.70. The summed E-state index contributed by atoms with van der Waals surface area (Å²) in [6, 6.07) is 16.9. The maximum absolute atomic E-state index is 13.2. The molecule has 5 rings (SSSR count). The average molecular weight is 463 g/mol. The summed E-state index contributed by atoms with van der Waals surface area (Å²) in [5.41, 5.74) is 4.63. The second-order valence-electron chi connectivity index (χ2n) is 9.71. The molecule has 2 heterocycles. The van der Waals surface area contributed by atoms with Crippen molar-refractivity contribution < 1.29 is 14.6 Å². The largest absolute Gasteiger partial charge is 0.448 e. The maximum atomic E-state index is 13.2. The Kier molecular flexibility index (Phi) is 5.75. The number of carbonyl (C=O) groups is 1. The number of aromatic nitrogens is 1. The van der Waals surface area contributed by atoms with Crippen LogP contribution in [0.2, 0.25) is 0 Å². The zero-order valence-corrected chi connectivity index (χ0v) is 20.1. The number of benzene rings is 2. The number of carbonyl (C=O) groups excluding carboxylic acids is 1. The number of ether oxygens (including phenoxy) is 1. The molecule has 3 aromatic rings. The van der Waals surface area contributed by atoms with Crippen LogP contribution >= 0.6 is 11.3 Å². The number of hydrogen-bond donors (Lipinski definition) is 1. The first kappa shape index (κ1) is 22.1. The van der Waals surface area contributed by atoms with Gasteiger partial charge in [-0.25, -0.2) is 9.78 Å². The van der Waals surface area contributed by atoms with Crippen LogP contribution in [-0.4, -0.2) is 40.3 Å². The first-order valence-electron chi connectivity index (χ1n) is 11.6. The summed E-state index contributed by atoms with van der Waals surface area (Å²) in [4.78, 5) is 19.7. The highest BCUT2D eigenvalue weighted by Gasteiger charge is 2.34. The van der Waals surface area contributed by atoms with Crippen LogP contribution in [0.25, 0.3) is 11.1 Å². The molecule has 5 nitrogen and oxygen atoms in total. The molecule has 0 spiro atoms. The molecule has 0 radical (unpaired) electrons. The molecule has 1 amide bonds. The summed E-state index contributed by atoms with van der Waals surface area (Å²) in [7, 11) is 0. The van der Waals surface area contributed by atoms with Crippen LogP contribution in [0.3, 0.4) is 0 Å². The van der Waals surface area contributed by atoms with E-state index in [0.717, 1.165) is 17.8 Å². The molecule has 0 unspecified atom stereocenters. The molecule has 1 fully saturated rings. The van der Waals surface area contributed by atoms with Gasteiger partial charge in [-0.05, 0) is 55.9 Å². The van der Waals surface area contributed by atoms with Crippen molar-refractivity contribution in [2.75, 3.05) is 13.2 Å². The van der Waals surface area contributed by atoms with E-state index < -0.39 is 5.60 Å². The van der Waals surface area contributed by atoms with Crippen molar-refractivity contribution >= 4 is 17.4 Å². The Morgan fingerprint density at radius 3 is 2.36 bits per heavy atom. The zero-order valence-electron chi connectivity index (χ0n) is 19.3. The number of piperidine rings is 1. The number of hydrogen-bond acceptors (Lipinski definition) is 5. The predicted molar refractivity (Wildman–Crippen MR) is 131 cm³/mol. The number of aliphatic hydroxyl groups is 1. The van der Waals surface area contributed by atoms with Gasteiger partial charge in [0.2, 0.25) is 0 Å². The fourth-order valence-electron chi connectivity index (χ4n) is 5.00. The van der Waals surface area contributed by atoms with Crippen molar-refractivity contribution in [3.63, 3.8) is 0 Å². The molecule has 1 N–H and O–H groups in total. The van der Waals surface area contributed by atoms with Gasteiger partial charge in [-0.2, -0.15) is 0 Å². The summed E-state index contributed by atoms with van der Waals surface area (Å²) in [6.07, 6.45) is 1.63. The number of amides is 1. The molecule has 33 heavy (non-hydrogen) atoms. The quantitative estimate of drug-likeness (QED) is 0.525. The van der Waals surface area contributed by atoms with Crippen LogP contribution < -0.4 is 0 Å². The molecule has 6 heteroatoms. The van der Waals surface area contributed by atoms with Crippen LogP contribution in [0.15, 0.2) is 53.9 Å². The average Bonchev–Trinajstić information content (AvgIpc) is 3.42. The van der Waals surface area contributed by atoms with Crippen LogP contribution in [-0.2, 0) is 10.3 Å². The Bertz CT molecular complexity index is 1120. The van der Waals surface area contributed by atoms with E-state index >= 15 is 0 Å². The Morgan fingerprint density at radius 1 is 1.12 bits per heavy atom. The third-order valence-electron chi connectivity index (χ3n) is 6.95.